The van der Waals surface area contributed by atoms with Gasteiger partial charge in [0, 0.05) is 29.7 Å². The summed E-state index contributed by atoms with van der Waals surface area (Å²) in [5.41, 5.74) is -1.15. The zero-order chi connectivity index (χ0) is 30.3. The fourth-order valence-electron chi connectivity index (χ4n) is 8.43. The van der Waals surface area contributed by atoms with E-state index in [1.165, 1.54) is 12.1 Å². The number of amides is 1. The summed E-state index contributed by atoms with van der Waals surface area (Å²) in [5, 5.41) is 26.0. The topological polar surface area (TPSA) is 130 Å². The first-order valence-corrected chi connectivity index (χ1v) is 14.9. The number of ketones is 2. The van der Waals surface area contributed by atoms with Crippen LogP contribution in [0.2, 0.25) is 0 Å². The maximum Gasteiger partial charge on any atom is 0.306 e. The van der Waals surface area contributed by atoms with Crippen molar-refractivity contribution in [3.05, 3.63) is 59.4 Å². The predicted molar refractivity (Wildman–Crippen MR) is 151 cm³/mol. The molecular formula is C33H40FNO7. The molecule has 3 N–H and O–H groups in total. The minimum absolute atomic E-state index is 0.00133. The number of Topliss-reactive ketones (excluding diaryl/α,β-unsaturated/α-hetero) is 1. The highest BCUT2D eigenvalue weighted by Crippen LogP contribution is 2.67. The second-order valence-corrected chi connectivity index (χ2v) is 12.9. The molecule has 4 aliphatic carbocycles. The molecule has 0 bridgehead atoms. The average molecular weight is 582 g/mol. The molecule has 3 saturated carbocycles. The van der Waals surface area contributed by atoms with Gasteiger partial charge < -0.3 is 20.3 Å². The maximum atomic E-state index is 13.4. The number of halogens is 1. The van der Waals surface area contributed by atoms with E-state index in [1.807, 2.05) is 13.0 Å². The normalized spacial score (nSPS) is 35.0. The van der Waals surface area contributed by atoms with Gasteiger partial charge in [0.25, 0.3) is 0 Å². The Morgan fingerprint density at radius 3 is 2.60 bits per heavy atom. The predicted octanol–water partition coefficient (Wildman–Crippen LogP) is 3.39. The van der Waals surface area contributed by atoms with Crippen molar-refractivity contribution in [2.24, 2.45) is 28.6 Å². The van der Waals surface area contributed by atoms with Crippen molar-refractivity contribution in [1.29, 1.82) is 0 Å². The Bertz CT molecular complexity index is 1320. The number of aliphatic hydroxyl groups excluding tert-OH is 1. The molecule has 0 saturated heterocycles. The lowest BCUT2D eigenvalue weighted by molar-refractivity contribution is -0.181. The summed E-state index contributed by atoms with van der Waals surface area (Å²) >= 11 is 0. The summed E-state index contributed by atoms with van der Waals surface area (Å²) in [4.78, 5) is 49.9. The first-order valence-electron chi connectivity index (χ1n) is 14.9. The molecule has 0 radical (unpaired) electrons. The highest BCUT2D eigenvalue weighted by molar-refractivity contribution is 6.01. The van der Waals surface area contributed by atoms with Crippen LogP contribution in [0.5, 0.6) is 0 Å². The van der Waals surface area contributed by atoms with Gasteiger partial charge in [0.1, 0.15) is 11.4 Å². The summed E-state index contributed by atoms with van der Waals surface area (Å²) in [5.74, 6) is -2.03. The minimum Gasteiger partial charge on any atom is -0.458 e. The number of carbonyl (C=O) groups is 4. The van der Waals surface area contributed by atoms with E-state index in [9.17, 15) is 33.8 Å². The van der Waals surface area contributed by atoms with E-state index < -0.39 is 40.9 Å². The molecule has 8 nitrogen and oxygen atoms in total. The van der Waals surface area contributed by atoms with Gasteiger partial charge in [-0.05, 0) is 80.2 Å². The van der Waals surface area contributed by atoms with Crippen molar-refractivity contribution < 1.29 is 38.5 Å². The molecule has 1 aromatic rings. The average Bonchev–Trinajstić information content (AvgIpc) is 3.22. The van der Waals surface area contributed by atoms with Crippen LogP contribution < -0.4 is 5.32 Å². The quantitative estimate of drug-likeness (QED) is 0.381. The third-order valence-corrected chi connectivity index (χ3v) is 10.7. The number of rotatable bonds is 9. The molecule has 0 spiro atoms. The molecule has 1 amide bonds. The number of allylic oxidation sites excluding steroid dienone is 4. The SMILES string of the molecule is C[C@]12C=CC(=O)C=C1CC[C@@H]1[C@@H]2[C@@H](O)C[C@@]2(C)[C@H]1CC[C@]2(O)C(=O)COC(=O)CCC(=O)NCCc1ccc(F)cc1. The van der Waals surface area contributed by atoms with E-state index in [1.54, 1.807) is 24.3 Å². The van der Waals surface area contributed by atoms with Gasteiger partial charge in [0.05, 0.1) is 12.5 Å². The highest BCUT2D eigenvalue weighted by Gasteiger charge is 2.68. The molecule has 5 rings (SSSR count). The largest absolute Gasteiger partial charge is 0.458 e. The third kappa shape index (κ3) is 5.37. The third-order valence-electron chi connectivity index (χ3n) is 10.7. The van der Waals surface area contributed by atoms with E-state index in [4.69, 9.17) is 4.74 Å². The Labute approximate surface area is 245 Å². The van der Waals surface area contributed by atoms with Crippen LogP contribution in [0.25, 0.3) is 0 Å². The van der Waals surface area contributed by atoms with Crippen LogP contribution in [-0.2, 0) is 30.3 Å². The number of fused-ring (bicyclic) bond motifs is 5. The fourth-order valence-corrected chi connectivity index (χ4v) is 8.43. The van der Waals surface area contributed by atoms with Gasteiger partial charge in [-0.1, -0.05) is 37.6 Å². The Morgan fingerprint density at radius 2 is 1.86 bits per heavy atom. The Kier molecular flexibility index (Phi) is 8.29. The van der Waals surface area contributed by atoms with Gasteiger partial charge in [-0.15, -0.1) is 0 Å². The molecule has 226 valence electrons. The van der Waals surface area contributed by atoms with Crippen molar-refractivity contribution >= 4 is 23.4 Å². The van der Waals surface area contributed by atoms with Gasteiger partial charge in [0.15, 0.2) is 12.4 Å². The number of aliphatic hydroxyl groups is 2. The fraction of sp³-hybridized carbons (Fsp3) is 0.576. The number of esters is 1. The molecule has 0 unspecified atom stereocenters. The van der Waals surface area contributed by atoms with Crippen LogP contribution in [0, 0.1) is 34.4 Å². The second-order valence-electron chi connectivity index (χ2n) is 12.9. The standard InChI is InChI=1S/C33H40FNO7/c1-31-14-11-23(36)17-21(31)5-8-24-25-12-15-33(41,32(25,2)18-26(37)30(24)31)27(38)19-42-29(40)10-9-28(39)35-16-13-20-3-6-22(34)7-4-20/h3-4,6-7,11,14,17,24-26,30,37,41H,5,8-10,12-13,15-16,18-19H2,1-2H3,(H,35,39)/t24-,25-,26-,30+,31-,32-,33-/m0/s1. The van der Waals surface area contributed by atoms with Crippen LogP contribution in [0.1, 0.15) is 64.4 Å². The Hall–Kier alpha value is -3.17. The lowest BCUT2D eigenvalue weighted by atomic mass is 9.46. The summed E-state index contributed by atoms with van der Waals surface area (Å²) in [6.45, 7) is 3.68. The van der Waals surface area contributed by atoms with Gasteiger partial charge in [0.2, 0.25) is 11.7 Å². The van der Waals surface area contributed by atoms with E-state index >= 15 is 0 Å². The number of nitrogens with one attached hydrogen (secondary N) is 1. The molecular weight excluding hydrogens is 541 g/mol. The van der Waals surface area contributed by atoms with Crippen molar-refractivity contribution in [2.75, 3.05) is 13.2 Å². The van der Waals surface area contributed by atoms with Crippen molar-refractivity contribution in [1.82, 2.24) is 5.32 Å². The minimum atomic E-state index is -1.74. The number of hydrogen-bond acceptors (Lipinski definition) is 7. The number of benzene rings is 1. The molecule has 1 aromatic carbocycles. The number of ether oxygens (including phenoxy) is 1. The van der Waals surface area contributed by atoms with Crippen LogP contribution in [0.15, 0.2) is 48.1 Å². The summed E-state index contributed by atoms with van der Waals surface area (Å²) in [6, 6.07) is 5.99. The van der Waals surface area contributed by atoms with Crippen molar-refractivity contribution in [3.8, 4) is 0 Å². The Morgan fingerprint density at radius 1 is 1.12 bits per heavy atom. The van der Waals surface area contributed by atoms with E-state index in [0.717, 1.165) is 24.0 Å². The lowest BCUT2D eigenvalue weighted by Gasteiger charge is -2.59. The van der Waals surface area contributed by atoms with Crippen LogP contribution in [0.3, 0.4) is 0 Å². The van der Waals surface area contributed by atoms with E-state index in [0.29, 0.717) is 19.4 Å². The molecule has 0 aromatic heterocycles. The molecule has 4 aliphatic rings. The second kappa shape index (κ2) is 11.5. The molecule has 3 fully saturated rings. The first kappa shape index (κ1) is 30.3. The summed E-state index contributed by atoms with van der Waals surface area (Å²) in [7, 11) is 0. The van der Waals surface area contributed by atoms with Gasteiger partial charge in [-0.25, -0.2) is 4.39 Å². The molecule has 0 aliphatic heterocycles. The van der Waals surface area contributed by atoms with Crippen molar-refractivity contribution in [2.45, 2.75) is 76.9 Å². The molecule has 42 heavy (non-hydrogen) atoms. The molecule has 7 atom stereocenters. The zero-order valence-electron chi connectivity index (χ0n) is 24.2. The molecule has 9 heteroatoms. The van der Waals surface area contributed by atoms with Gasteiger partial charge >= 0.3 is 5.97 Å². The van der Waals surface area contributed by atoms with E-state index in [-0.39, 0.29) is 60.9 Å². The van der Waals surface area contributed by atoms with Crippen LogP contribution in [-0.4, -0.2) is 58.5 Å². The van der Waals surface area contributed by atoms with Gasteiger partial charge in [-0.2, -0.15) is 0 Å². The highest BCUT2D eigenvalue weighted by atomic mass is 19.1. The smallest absolute Gasteiger partial charge is 0.306 e. The van der Waals surface area contributed by atoms with Crippen LogP contribution >= 0.6 is 0 Å². The summed E-state index contributed by atoms with van der Waals surface area (Å²) < 4.78 is 18.2. The zero-order valence-corrected chi connectivity index (χ0v) is 24.2. The summed E-state index contributed by atoms with van der Waals surface area (Å²) in [6.07, 6.45) is 7.21. The lowest BCUT2D eigenvalue weighted by Crippen LogP contribution is -2.61. The van der Waals surface area contributed by atoms with Crippen LogP contribution in [0.4, 0.5) is 4.39 Å². The number of hydrogen-bond donors (Lipinski definition) is 3. The first-order chi connectivity index (χ1) is 19.9. The number of carbonyl (C=O) groups excluding carboxylic acids is 4. The van der Waals surface area contributed by atoms with E-state index in [2.05, 4.69) is 12.2 Å². The molecule has 0 heterocycles. The Balaban J connectivity index is 1.14. The monoisotopic (exact) mass is 581 g/mol. The maximum absolute atomic E-state index is 13.4. The van der Waals surface area contributed by atoms with Crippen molar-refractivity contribution in [3.63, 3.8) is 0 Å². The van der Waals surface area contributed by atoms with Gasteiger partial charge in [-0.3, -0.25) is 19.2 Å².